The molecule has 1 unspecified atom stereocenters. The van der Waals surface area contributed by atoms with Crippen LogP contribution in [0.5, 0.6) is 5.75 Å². The van der Waals surface area contributed by atoms with Gasteiger partial charge in [-0.2, -0.15) is 0 Å². The fourth-order valence-corrected chi connectivity index (χ4v) is 5.89. The van der Waals surface area contributed by atoms with Crippen LogP contribution in [0.25, 0.3) is 0 Å². The van der Waals surface area contributed by atoms with Crippen LogP contribution in [0.2, 0.25) is 0 Å². The van der Waals surface area contributed by atoms with Crippen LogP contribution in [-0.2, 0) is 14.8 Å². The number of ether oxygens (including phenoxy) is 1. The van der Waals surface area contributed by atoms with Gasteiger partial charge < -0.3 is 10.1 Å². The van der Waals surface area contributed by atoms with Crippen molar-refractivity contribution in [2.75, 3.05) is 10.8 Å². The number of para-hydroxylation sites is 1. The van der Waals surface area contributed by atoms with Gasteiger partial charge >= 0.3 is 0 Å². The van der Waals surface area contributed by atoms with Crippen LogP contribution in [-0.4, -0.2) is 26.5 Å². The molecule has 1 heterocycles. The standard InChI is InChI=1S/C26H27BrN2O4S/c1-18-11-13-21(14-12-18)34(31,32)29(20-8-6-7-19(27)15-20)17-25(30)28-23-16-26(2,3)33-24-10-5-4-9-22(23)24/h4-15,23H,16-17H2,1-3H3,(H,28,30). The minimum absolute atomic E-state index is 0.128. The maximum atomic E-state index is 13.6. The number of rotatable bonds is 6. The molecule has 178 valence electrons. The van der Waals surface area contributed by atoms with E-state index in [4.69, 9.17) is 4.74 Å². The zero-order chi connectivity index (χ0) is 24.5. The highest BCUT2D eigenvalue weighted by atomic mass is 79.9. The lowest BCUT2D eigenvalue weighted by atomic mass is 9.89. The van der Waals surface area contributed by atoms with Crippen LogP contribution in [0.1, 0.15) is 37.4 Å². The monoisotopic (exact) mass is 542 g/mol. The predicted molar refractivity (Wildman–Crippen MR) is 137 cm³/mol. The Hall–Kier alpha value is -2.84. The van der Waals surface area contributed by atoms with Crippen LogP contribution >= 0.6 is 15.9 Å². The van der Waals surface area contributed by atoms with Crippen molar-refractivity contribution in [1.29, 1.82) is 0 Å². The average Bonchev–Trinajstić information content (AvgIpc) is 2.77. The van der Waals surface area contributed by atoms with E-state index in [1.807, 2.05) is 45.0 Å². The molecule has 4 rings (SSSR count). The van der Waals surface area contributed by atoms with E-state index in [0.29, 0.717) is 12.1 Å². The van der Waals surface area contributed by atoms with Crippen molar-refractivity contribution in [2.24, 2.45) is 0 Å². The molecule has 6 nitrogen and oxygen atoms in total. The summed E-state index contributed by atoms with van der Waals surface area (Å²) < 4.78 is 35.1. The summed E-state index contributed by atoms with van der Waals surface area (Å²) in [7, 11) is -3.98. The van der Waals surface area contributed by atoms with Gasteiger partial charge in [0.1, 0.15) is 17.9 Å². The third-order valence-electron chi connectivity index (χ3n) is 5.70. The van der Waals surface area contributed by atoms with Crippen LogP contribution < -0.4 is 14.4 Å². The van der Waals surface area contributed by atoms with Crippen molar-refractivity contribution < 1.29 is 17.9 Å². The largest absolute Gasteiger partial charge is 0.487 e. The number of hydrogen-bond donors (Lipinski definition) is 1. The molecule has 1 aliphatic heterocycles. The number of nitrogens with one attached hydrogen (secondary N) is 1. The minimum Gasteiger partial charge on any atom is -0.487 e. The van der Waals surface area contributed by atoms with Gasteiger partial charge in [0.2, 0.25) is 5.91 Å². The van der Waals surface area contributed by atoms with Crippen molar-refractivity contribution in [2.45, 2.75) is 43.7 Å². The van der Waals surface area contributed by atoms with E-state index in [2.05, 4.69) is 21.2 Å². The van der Waals surface area contributed by atoms with Gasteiger partial charge in [-0.1, -0.05) is 57.9 Å². The van der Waals surface area contributed by atoms with Crippen molar-refractivity contribution in [1.82, 2.24) is 5.32 Å². The van der Waals surface area contributed by atoms with Gasteiger partial charge in [-0.3, -0.25) is 9.10 Å². The van der Waals surface area contributed by atoms with Gasteiger partial charge in [-0.25, -0.2) is 8.42 Å². The molecule has 0 fully saturated rings. The number of fused-ring (bicyclic) bond motifs is 1. The first-order valence-electron chi connectivity index (χ1n) is 11.0. The third kappa shape index (κ3) is 5.28. The quantitative estimate of drug-likeness (QED) is 0.454. The van der Waals surface area contributed by atoms with Gasteiger partial charge in [-0.15, -0.1) is 0 Å². The van der Waals surface area contributed by atoms with Crippen LogP contribution in [0.15, 0.2) is 82.2 Å². The molecule has 3 aromatic carbocycles. The molecular weight excluding hydrogens is 516 g/mol. The lowest BCUT2D eigenvalue weighted by Crippen LogP contribution is -2.45. The first-order chi connectivity index (χ1) is 16.0. The summed E-state index contributed by atoms with van der Waals surface area (Å²) in [5.41, 5.74) is 1.76. The van der Waals surface area contributed by atoms with E-state index >= 15 is 0 Å². The lowest BCUT2D eigenvalue weighted by Gasteiger charge is -2.38. The average molecular weight is 543 g/mol. The number of aryl methyl sites for hydroxylation is 1. The topological polar surface area (TPSA) is 75.7 Å². The Balaban J connectivity index is 1.65. The smallest absolute Gasteiger partial charge is 0.264 e. The summed E-state index contributed by atoms with van der Waals surface area (Å²) in [6, 6.07) is 20.8. The van der Waals surface area contributed by atoms with E-state index in [0.717, 1.165) is 25.7 Å². The predicted octanol–water partition coefficient (Wildman–Crippen LogP) is 5.37. The van der Waals surface area contributed by atoms with E-state index < -0.39 is 21.5 Å². The van der Waals surface area contributed by atoms with E-state index in [9.17, 15) is 13.2 Å². The molecule has 3 aromatic rings. The molecule has 34 heavy (non-hydrogen) atoms. The molecule has 0 saturated carbocycles. The number of halogens is 1. The second kappa shape index (κ2) is 9.43. The Bertz CT molecular complexity index is 1310. The number of carbonyl (C=O) groups is 1. The summed E-state index contributed by atoms with van der Waals surface area (Å²) in [4.78, 5) is 13.4. The van der Waals surface area contributed by atoms with E-state index in [1.54, 1.807) is 48.5 Å². The second-order valence-electron chi connectivity index (χ2n) is 9.03. The number of sulfonamides is 1. The molecule has 0 spiro atoms. The summed E-state index contributed by atoms with van der Waals surface area (Å²) in [5, 5.41) is 3.04. The Morgan fingerprint density at radius 3 is 2.50 bits per heavy atom. The van der Waals surface area contributed by atoms with Gasteiger partial charge in [-0.05, 0) is 57.2 Å². The normalized spacial score (nSPS) is 16.8. The lowest BCUT2D eigenvalue weighted by molar-refractivity contribution is -0.120. The first-order valence-corrected chi connectivity index (χ1v) is 13.2. The first kappa shape index (κ1) is 24.3. The molecule has 0 radical (unpaired) electrons. The number of nitrogens with zero attached hydrogens (tertiary/aromatic N) is 1. The molecule has 1 atom stereocenters. The molecule has 0 aromatic heterocycles. The summed E-state index contributed by atoms with van der Waals surface area (Å²) in [6.07, 6.45) is 0.567. The van der Waals surface area contributed by atoms with Crippen molar-refractivity contribution in [3.05, 3.63) is 88.4 Å². The number of benzene rings is 3. The zero-order valence-electron chi connectivity index (χ0n) is 19.3. The highest BCUT2D eigenvalue weighted by molar-refractivity contribution is 9.10. The van der Waals surface area contributed by atoms with Gasteiger partial charge in [0.15, 0.2) is 0 Å². The Morgan fingerprint density at radius 2 is 1.79 bits per heavy atom. The molecule has 1 amide bonds. The highest BCUT2D eigenvalue weighted by Crippen LogP contribution is 2.39. The highest BCUT2D eigenvalue weighted by Gasteiger charge is 2.35. The Labute approximate surface area is 209 Å². The fraction of sp³-hybridized carbons (Fsp3) is 0.269. The number of carbonyl (C=O) groups excluding carboxylic acids is 1. The molecule has 1 N–H and O–H groups in total. The summed E-state index contributed by atoms with van der Waals surface area (Å²) >= 11 is 3.40. The molecular formula is C26H27BrN2O4S. The minimum atomic E-state index is -3.98. The SMILES string of the molecule is Cc1ccc(S(=O)(=O)N(CC(=O)NC2CC(C)(C)Oc3ccccc32)c2cccc(Br)c2)cc1. The van der Waals surface area contributed by atoms with Crippen molar-refractivity contribution >= 4 is 37.5 Å². The molecule has 0 bridgehead atoms. The van der Waals surface area contributed by atoms with E-state index in [-0.39, 0.29) is 17.5 Å². The second-order valence-corrected chi connectivity index (χ2v) is 11.8. The number of amides is 1. The zero-order valence-corrected chi connectivity index (χ0v) is 21.7. The maximum absolute atomic E-state index is 13.6. The van der Waals surface area contributed by atoms with Crippen LogP contribution in [0, 0.1) is 6.92 Å². The Kier molecular flexibility index (Phi) is 6.73. The third-order valence-corrected chi connectivity index (χ3v) is 7.99. The van der Waals surface area contributed by atoms with Crippen molar-refractivity contribution in [3.63, 3.8) is 0 Å². The van der Waals surface area contributed by atoms with Gasteiger partial charge in [0.05, 0.1) is 16.6 Å². The van der Waals surface area contributed by atoms with Gasteiger partial charge in [0, 0.05) is 16.5 Å². The molecule has 0 aliphatic carbocycles. The van der Waals surface area contributed by atoms with E-state index in [1.165, 1.54) is 0 Å². The van der Waals surface area contributed by atoms with Crippen LogP contribution in [0.4, 0.5) is 5.69 Å². The maximum Gasteiger partial charge on any atom is 0.264 e. The fourth-order valence-electron chi connectivity index (χ4n) is 4.09. The molecule has 0 saturated heterocycles. The van der Waals surface area contributed by atoms with Gasteiger partial charge in [0.25, 0.3) is 10.0 Å². The molecule has 8 heteroatoms. The van der Waals surface area contributed by atoms with Crippen LogP contribution in [0.3, 0.4) is 0 Å². The Morgan fingerprint density at radius 1 is 1.09 bits per heavy atom. The summed E-state index contributed by atoms with van der Waals surface area (Å²) in [6.45, 7) is 5.48. The summed E-state index contributed by atoms with van der Waals surface area (Å²) in [5.74, 6) is 0.327. The number of hydrogen-bond acceptors (Lipinski definition) is 4. The molecule has 1 aliphatic rings. The van der Waals surface area contributed by atoms with Crippen molar-refractivity contribution in [3.8, 4) is 5.75 Å². The number of anilines is 1.